The van der Waals surface area contributed by atoms with Gasteiger partial charge in [0, 0.05) is 24.7 Å². The SMILES string of the molecule is COc1ccc(/C=N\N(C)C2=NS(=O)(=O)c3cc([N+](=O)[O-])ccc32)cc1. The molecule has 0 aliphatic carbocycles. The average Bonchev–Trinajstić information content (AvgIpc) is 2.91. The number of sulfonamides is 1. The third kappa shape index (κ3) is 3.26. The van der Waals surface area contributed by atoms with Crippen LogP contribution >= 0.6 is 0 Å². The van der Waals surface area contributed by atoms with Crippen molar-refractivity contribution in [1.82, 2.24) is 5.01 Å². The van der Waals surface area contributed by atoms with Crippen molar-refractivity contribution in [1.29, 1.82) is 0 Å². The Morgan fingerprint density at radius 3 is 2.54 bits per heavy atom. The molecule has 26 heavy (non-hydrogen) atoms. The molecule has 0 atom stereocenters. The van der Waals surface area contributed by atoms with E-state index in [2.05, 4.69) is 9.50 Å². The monoisotopic (exact) mass is 374 g/mol. The van der Waals surface area contributed by atoms with E-state index < -0.39 is 14.9 Å². The second-order valence-electron chi connectivity index (χ2n) is 5.37. The Morgan fingerprint density at radius 1 is 1.23 bits per heavy atom. The Hall–Kier alpha value is -3.27. The number of nitrogens with zero attached hydrogens (tertiary/aromatic N) is 4. The second-order valence-corrected chi connectivity index (χ2v) is 6.94. The van der Waals surface area contributed by atoms with Gasteiger partial charge in [-0.1, -0.05) is 0 Å². The lowest BCUT2D eigenvalue weighted by molar-refractivity contribution is -0.385. The van der Waals surface area contributed by atoms with Gasteiger partial charge in [-0.2, -0.15) is 13.5 Å². The molecule has 0 amide bonds. The van der Waals surface area contributed by atoms with E-state index in [1.165, 1.54) is 23.4 Å². The molecule has 10 heteroatoms. The minimum atomic E-state index is -4.00. The lowest BCUT2D eigenvalue weighted by Crippen LogP contribution is -2.21. The van der Waals surface area contributed by atoms with Crippen LogP contribution in [0, 0.1) is 10.1 Å². The number of non-ortho nitro benzene ring substituents is 1. The van der Waals surface area contributed by atoms with Gasteiger partial charge in [0.25, 0.3) is 15.7 Å². The maximum Gasteiger partial charge on any atom is 0.285 e. The third-order valence-corrected chi connectivity index (χ3v) is 5.01. The fourth-order valence-corrected chi connectivity index (χ4v) is 3.62. The summed E-state index contributed by atoms with van der Waals surface area (Å²) in [5.41, 5.74) is 0.737. The highest BCUT2D eigenvalue weighted by atomic mass is 32.2. The second kappa shape index (κ2) is 6.56. The fourth-order valence-electron chi connectivity index (χ4n) is 2.37. The van der Waals surface area contributed by atoms with Crippen LogP contribution in [0.5, 0.6) is 5.75 Å². The van der Waals surface area contributed by atoms with Crippen molar-refractivity contribution in [3.8, 4) is 5.75 Å². The summed E-state index contributed by atoms with van der Waals surface area (Å²) in [6.45, 7) is 0. The predicted molar refractivity (Wildman–Crippen MR) is 95.2 cm³/mol. The van der Waals surface area contributed by atoms with Crippen molar-refractivity contribution in [3.05, 3.63) is 63.7 Å². The van der Waals surface area contributed by atoms with E-state index in [4.69, 9.17) is 4.74 Å². The quantitative estimate of drug-likeness (QED) is 0.459. The summed E-state index contributed by atoms with van der Waals surface area (Å²) in [6, 6.07) is 10.7. The Labute approximate surface area is 149 Å². The molecule has 0 aromatic heterocycles. The number of hydrogen-bond acceptors (Lipinski definition) is 7. The van der Waals surface area contributed by atoms with Crippen LogP contribution in [0.25, 0.3) is 0 Å². The summed E-state index contributed by atoms with van der Waals surface area (Å²) in [6.07, 6.45) is 1.54. The summed E-state index contributed by atoms with van der Waals surface area (Å²) in [7, 11) is -0.883. The van der Waals surface area contributed by atoms with Gasteiger partial charge in [0.05, 0.1) is 18.2 Å². The summed E-state index contributed by atoms with van der Waals surface area (Å²) >= 11 is 0. The lowest BCUT2D eigenvalue weighted by atomic mass is 10.2. The number of ether oxygens (including phenoxy) is 1. The molecular formula is C16H14N4O5S. The normalized spacial score (nSPS) is 14.8. The molecular weight excluding hydrogens is 360 g/mol. The smallest absolute Gasteiger partial charge is 0.285 e. The first-order chi connectivity index (χ1) is 12.3. The number of rotatable bonds is 4. The van der Waals surface area contributed by atoms with Crippen LogP contribution < -0.4 is 4.74 Å². The summed E-state index contributed by atoms with van der Waals surface area (Å²) in [4.78, 5) is 10.0. The van der Waals surface area contributed by atoms with Crippen LogP contribution in [-0.4, -0.2) is 44.6 Å². The summed E-state index contributed by atoms with van der Waals surface area (Å²) in [5.74, 6) is 0.803. The van der Waals surface area contributed by atoms with Crippen molar-refractivity contribution < 1.29 is 18.1 Å². The van der Waals surface area contributed by atoms with Gasteiger partial charge in [-0.25, -0.2) is 5.01 Å². The predicted octanol–water partition coefficient (Wildman–Crippen LogP) is 2.02. The Bertz CT molecular complexity index is 1030. The number of benzene rings is 2. The molecule has 0 fully saturated rings. The van der Waals surface area contributed by atoms with E-state index in [-0.39, 0.29) is 22.0 Å². The van der Waals surface area contributed by atoms with Gasteiger partial charge in [-0.15, -0.1) is 4.40 Å². The minimum Gasteiger partial charge on any atom is -0.497 e. The molecule has 134 valence electrons. The standard InChI is InChI=1S/C16H14N4O5S/c1-19(17-10-11-3-6-13(25-2)7-4-11)16-14-8-5-12(20(21)22)9-15(14)26(23,24)18-16/h3-10H,1-2H3/b17-10-. The van der Waals surface area contributed by atoms with Crippen LogP contribution in [0.1, 0.15) is 11.1 Å². The molecule has 2 aromatic rings. The van der Waals surface area contributed by atoms with Crippen LogP contribution in [0.3, 0.4) is 0 Å². The number of amidine groups is 1. The molecule has 0 radical (unpaired) electrons. The summed E-state index contributed by atoms with van der Waals surface area (Å²) in [5, 5.41) is 16.4. The lowest BCUT2D eigenvalue weighted by Gasteiger charge is -2.12. The maximum absolute atomic E-state index is 12.2. The van der Waals surface area contributed by atoms with E-state index in [9.17, 15) is 18.5 Å². The van der Waals surface area contributed by atoms with Crippen molar-refractivity contribution >= 4 is 27.8 Å². The van der Waals surface area contributed by atoms with Gasteiger partial charge < -0.3 is 4.74 Å². The first-order valence-electron chi connectivity index (χ1n) is 7.37. The van der Waals surface area contributed by atoms with Crippen LogP contribution in [0.4, 0.5) is 5.69 Å². The summed E-state index contributed by atoms with van der Waals surface area (Å²) < 4.78 is 33.1. The molecule has 9 nitrogen and oxygen atoms in total. The number of nitro groups is 1. The minimum absolute atomic E-state index is 0.0969. The largest absolute Gasteiger partial charge is 0.497 e. The van der Waals surface area contributed by atoms with Crippen LogP contribution in [0.2, 0.25) is 0 Å². The zero-order valence-corrected chi connectivity index (χ0v) is 14.7. The van der Waals surface area contributed by atoms with Gasteiger partial charge in [0.2, 0.25) is 0 Å². The van der Waals surface area contributed by atoms with Crippen LogP contribution in [0.15, 0.2) is 56.9 Å². The molecule has 1 aliphatic heterocycles. The van der Waals surface area contributed by atoms with Crippen molar-refractivity contribution in [2.24, 2.45) is 9.50 Å². The zero-order chi connectivity index (χ0) is 18.9. The molecule has 0 bridgehead atoms. The molecule has 0 unspecified atom stereocenters. The topological polar surface area (TPSA) is 114 Å². The molecule has 0 saturated carbocycles. The van der Waals surface area contributed by atoms with Crippen molar-refractivity contribution in [3.63, 3.8) is 0 Å². The number of nitro benzene ring substituents is 1. The molecule has 1 heterocycles. The maximum atomic E-state index is 12.2. The molecule has 2 aromatic carbocycles. The fraction of sp³-hybridized carbons (Fsp3) is 0.125. The van der Waals surface area contributed by atoms with Gasteiger partial charge in [0.1, 0.15) is 10.6 Å². The van der Waals surface area contributed by atoms with Gasteiger partial charge in [-0.05, 0) is 35.9 Å². The number of methoxy groups -OCH3 is 1. The highest BCUT2D eigenvalue weighted by Crippen LogP contribution is 2.30. The van der Waals surface area contributed by atoms with E-state index in [0.717, 1.165) is 11.6 Å². The van der Waals surface area contributed by atoms with Crippen molar-refractivity contribution in [2.75, 3.05) is 14.2 Å². The van der Waals surface area contributed by atoms with E-state index in [1.807, 2.05) is 0 Å². The highest BCUT2D eigenvalue weighted by Gasteiger charge is 2.32. The molecule has 3 rings (SSSR count). The Morgan fingerprint density at radius 2 is 1.92 bits per heavy atom. The third-order valence-electron chi connectivity index (χ3n) is 3.70. The highest BCUT2D eigenvalue weighted by molar-refractivity contribution is 7.90. The van der Waals surface area contributed by atoms with Gasteiger partial charge in [0.15, 0.2) is 5.84 Å². The Kier molecular flexibility index (Phi) is 4.43. The molecule has 0 saturated heterocycles. The molecule has 0 N–H and O–H groups in total. The average molecular weight is 374 g/mol. The first kappa shape index (κ1) is 17.5. The van der Waals surface area contributed by atoms with Crippen LogP contribution in [-0.2, 0) is 10.0 Å². The van der Waals surface area contributed by atoms with E-state index >= 15 is 0 Å². The number of hydrogen-bond donors (Lipinski definition) is 0. The van der Waals surface area contributed by atoms with E-state index in [0.29, 0.717) is 5.75 Å². The molecule has 1 aliphatic rings. The van der Waals surface area contributed by atoms with Gasteiger partial charge in [-0.3, -0.25) is 10.1 Å². The van der Waals surface area contributed by atoms with E-state index in [1.54, 1.807) is 38.4 Å². The number of hydrazone groups is 1. The van der Waals surface area contributed by atoms with Gasteiger partial charge >= 0.3 is 0 Å². The molecule has 0 spiro atoms. The van der Waals surface area contributed by atoms with Crippen molar-refractivity contribution in [2.45, 2.75) is 4.90 Å². The first-order valence-corrected chi connectivity index (χ1v) is 8.81. The zero-order valence-electron chi connectivity index (χ0n) is 13.9. The Balaban J connectivity index is 1.90. The number of fused-ring (bicyclic) bond motifs is 1.